The zero-order valence-corrected chi connectivity index (χ0v) is 46.1. The SMILES string of the molecule is CC/C=C\C/C=C\C/C=C\C/C=C\CCCCCCCCCCCCCCCCCCCCCCC(=O)OC(COC(=O)CC/C=C\C/C=C\C/C=C\C/C=C\CC)COC(OCC[N+](C)(C)C)C(=O)[O-]. The third kappa shape index (κ3) is 53.8. The summed E-state index contributed by atoms with van der Waals surface area (Å²) >= 11 is 0. The Bertz CT molecular complexity index is 1480. The Labute approximate surface area is 435 Å². The second-order valence-electron chi connectivity index (χ2n) is 19.8. The minimum absolute atomic E-state index is 0.134. The molecular weight excluding hydrogens is 887 g/mol. The third-order valence-corrected chi connectivity index (χ3v) is 11.8. The molecule has 0 saturated carbocycles. The molecule has 0 heterocycles. The molecule has 0 aromatic rings. The summed E-state index contributed by atoms with van der Waals surface area (Å²) in [5.74, 6) is -2.39. The van der Waals surface area contributed by atoms with Crippen LogP contribution in [-0.2, 0) is 33.3 Å². The summed E-state index contributed by atoms with van der Waals surface area (Å²) < 4.78 is 22.5. The van der Waals surface area contributed by atoms with Crippen LogP contribution in [0.4, 0.5) is 0 Å². The van der Waals surface area contributed by atoms with E-state index in [1.54, 1.807) is 0 Å². The molecule has 0 aliphatic heterocycles. The minimum atomic E-state index is -1.64. The zero-order chi connectivity index (χ0) is 52.0. The summed E-state index contributed by atoms with van der Waals surface area (Å²) in [5.41, 5.74) is 0. The van der Waals surface area contributed by atoms with Gasteiger partial charge in [0.1, 0.15) is 13.2 Å². The van der Waals surface area contributed by atoms with Crippen molar-refractivity contribution in [1.29, 1.82) is 0 Å². The molecule has 2 atom stereocenters. The van der Waals surface area contributed by atoms with Crippen molar-refractivity contribution in [3.63, 3.8) is 0 Å². The van der Waals surface area contributed by atoms with Crippen LogP contribution in [0.5, 0.6) is 0 Å². The van der Waals surface area contributed by atoms with Crippen LogP contribution in [0.15, 0.2) is 97.2 Å². The molecule has 0 rings (SSSR count). The minimum Gasteiger partial charge on any atom is -0.545 e. The van der Waals surface area contributed by atoms with E-state index in [-0.39, 0.29) is 32.7 Å². The van der Waals surface area contributed by atoms with E-state index in [0.29, 0.717) is 23.9 Å². The number of hydrogen-bond donors (Lipinski definition) is 0. The average molecular weight is 993 g/mol. The first-order chi connectivity index (χ1) is 34.6. The van der Waals surface area contributed by atoms with Gasteiger partial charge >= 0.3 is 11.9 Å². The fraction of sp³-hybridized carbons (Fsp3) is 0.694. The number of likely N-dealkylation sites (N-methyl/N-ethyl adjacent to an activating group) is 1. The van der Waals surface area contributed by atoms with Crippen LogP contribution < -0.4 is 5.11 Å². The van der Waals surface area contributed by atoms with E-state index in [0.717, 1.165) is 70.6 Å². The summed E-state index contributed by atoms with van der Waals surface area (Å²) in [4.78, 5) is 37.1. The summed E-state index contributed by atoms with van der Waals surface area (Å²) in [6.45, 7) is 4.43. The van der Waals surface area contributed by atoms with Crippen molar-refractivity contribution in [3.05, 3.63) is 97.2 Å². The number of carbonyl (C=O) groups excluding carboxylic acids is 3. The van der Waals surface area contributed by atoms with E-state index in [9.17, 15) is 19.5 Å². The molecule has 0 spiro atoms. The molecule has 2 unspecified atom stereocenters. The number of ether oxygens (including phenoxy) is 4. The van der Waals surface area contributed by atoms with Crippen molar-refractivity contribution in [1.82, 2.24) is 0 Å². The third-order valence-electron chi connectivity index (χ3n) is 11.8. The van der Waals surface area contributed by atoms with Crippen molar-refractivity contribution in [2.24, 2.45) is 0 Å². The summed E-state index contributed by atoms with van der Waals surface area (Å²) in [6, 6.07) is 0. The lowest BCUT2D eigenvalue weighted by Crippen LogP contribution is -2.44. The molecule has 9 heteroatoms. The van der Waals surface area contributed by atoms with E-state index in [1.165, 1.54) is 109 Å². The fourth-order valence-corrected chi connectivity index (χ4v) is 7.54. The van der Waals surface area contributed by atoms with Crippen LogP contribution in [0.2, 0.25) is 0 Å². The fourth-order valence-electron chi connectivity index (χ4n) is 7.54. The van der Waals surface area contributed by atoms with Crippen LogP contribution in [0.1, 0.15) is 219 Å². The largest absolute Gasteiger partial charge is 0.545 e. The van der Waals surface area contributed by atoms with E-state index in [4.69, 9.17) is 18.9 Å². The average Bonchev–Trinajstić information content (AvgIpc) is 3.34. The molecular formula is C62H105NO8. The van der Waals surface area contributed by atoms with Crippen molar-refractivity contribution in [2.45, 2.75) is 232 Å². The van der Waals surface area contributed by atoms with Gasteiger partial charge in [0, 0.05) is 12.8 Å². The smallest absolute Gasteiger partial charge is 0.306 e. The lowest BCUT2D eigenvalue weighted by Gasteiger charge is -2.26. The van der Waals surface area contributed by atoms with Gasteiger partial charge in [-0.05, 0) is 77.0 Å². The van der Waals surface area contributed by atoms with Gasteiger partial charge in [0.2, 0.25) is 0 Å². The number of esters is 2. The quantitative estimate of drug-likeness (QED) is 0.0195. The van der Waals surface area contributed by atoms with Crippen molar-refractivity contribution in [2.75, 3.05) is 47.5 Å². The van der Waals surface area contributed by atoms with Gasteiger partial charge in [0.05, 0.1) is 40.3 Å². The summed E-state index contributed by atoms with van der Waals surface area (Å²) in [6.07, 6.45) is 67.8. The Morgan fingerprint density at radius 3 is 1.18 bits per heavy atom. The van der Waals surface area contributed by atoms with Gasteiger partial charge in [-0.2, -0.15) is 0 Å². The van der Waals surface area contributed by atoms with E-state index in [2.05, 4.69) is 98.9 Å². The molecule has 406 valence electrons. The predicted molar refractivity (Wildman–Crippen MR) is 297 cm³/mol. The Balaban J connectivity index is 4.12. The van der Waals surface area contributed by atoms with Gasteiger partial charge in [-0.15, -0.1) is 0 Å². The highest BCUT2D eigenvalue weighted by molar-refractivity contribution is 5.70. The number of allylic oxidation sites excluding steroid dienone is 16. The summed E-state index contributed by atoms with van der Waals surface area (Å²) in [7, 11) is 5.89. The number of hydrogen-bond acceptors (Lipinski definition) is 8. The predicted octanol–water partition coefficient (Wildman–Crippen LogP) is 15.2. The van der Waals surface area contributed by atoms with Crippen LogP contribution in [0.3, 0.4) is 0 Å². The first-order valence-corrected chi connectivity index (χ1v) is 28.4. The highest BCUT2D eigenvalue weighted by Gasteiger charge is 2.21. The van der Waals surface area contributed by atoms with Crippen LogP contribution in [0.25, 0.3) is 0 Å². The van der Waals surface area contributed by atoms with Crippen molar-refractivity contribution < 1.29 is 42.9 Å². The molecule has 0 aromatic carbocycles. The normalized spacial score (nSPS) is 13.5. The van der Waals surface area contributed by atoms with Crippen molar-refractivity contribution in [3.8, 4) is 0 Å². The number of rotatable bonds is 51. The number of quaternary nitrogens is 1. The molecule has 71 heavy (non-hydrogen) atoms. The summed E-state index contributed by atoms with van der Waals surface area (Å²) in [5, 5.41) is 11.7. The maximum absolute atomic E-state index is 12.8. The number of nitrogens with zero attached hydrogens (tertiary/aromatic N) is 1. The first kappa shape index (κ1) is 67.2. The van der Waals surface area contributed by atoms with E-state index in [1.807, 2.05) is 33.3 Å². The number of carboxylic acids is 1. The topological polar surface area (TPSA) is 111 Å². The number of carbonyl (C=O) groups is 3. The van der Waals surface area contributed by atoms with E-state index >= 15 is 0 Å². The monoisotopic (exact) mass is 992 g/mol. The second-order valence-corrected chi connectivity index (χ2v) is 19.8. The Hall–Kier alpha value is -3.79. The van der Waals surface area contributed by atoms with Crippen LogP contribution in [-0.4, -0.2) is 82.3 Å². The molecule has 9 nitrogen and oxygen atoms in total. The molecule has 0 aliphatic carbocycles. The standard InChI is InChI=1S/C62H105NO8/c1-6-8-10-12-14-16-18-20-21-22-23-24-25-26-27-28-29-30-31-32-33-34-35-36-37-38-39-41-43-45-47-49-51-53-60(65)71-58(57-70-62(61(66)67)68-55-54-63(3,4)5)56-69-59(64)52-50-48-46-44-42-40-19-17-15-13-11-9-7-2/h8-11,14-17,20-21,23-24,40,42,46,48,58,62H,6-7,12-13,18-19,22,25-39,41,43-45,47,49-57H2,1-5H3/b10-8-,11-9-,16-14-,17-15-,21-20-,24-23-,42-40-,48-46-. The highest BCUT2D eigenvalue weighted by Crippen LogP contribution is 2.16. The van der Waals surface area contributed by atoms with Gasteiger partial charge < -0.3 is 33.3 Å². The number of carboxylic acid groups (broad SMARTS) is 1. The lowest BCUT2D eigenvalue weighted by molar-refractivity contribution is -0.870. The zero-order valence-electron chi connectivity index (χ0n) is 46.1. The molecule has 0 aliphatic rings. The van der Waals surface area contributed by atoms with Crippen molar-refractivity contribution >= 4 is 17.9 Å². The molecule has 0 N–H and O–H groups in total. The first-order valence-electron chi connectivity index (χ1n) is 28.4. The van der Waals surface area contributed by atoms with Gasteiger partial charge in [0.15, 0.2) is 12.4 Å². The molecule has 0 bridgehead atoms. The van der Waals surface area contributed by atoms with E-state index < -0.39 is 30.3 Å². The van der Waals surface area contributed by atoms with Gasteiger partial charge in [-0.1, -0.05) is 227 Å². The molecule has 0 amide bonds. The molecule has 0 radical (unpaired) electrons. The highest BCUT2D eigenvalue weighted by atomic mass is 16.7. The molecule has 0 fully saturated rings. The van der Waals surface area contributed by atoms with Gasteiger partial charge in [-0.3, -0.25) is 9.59 Å². The maximum Gasteiger partial charge on any atom is 0.306 e. The molecule has 0 aromatic heterocycles. The number of aliphatic carboxylic acids is 1. The van der Waals surface area contributed by atoms with Crippen LogP contribution in [0, 0.1) is 0 Å². The number of unbranched alkanes of at least 4 members (excludes halogenated alkanes) is 20. The second kappa shape index (κ2) is 52.5. The van der Waals surface area contributed by atoms with Gasteiger partial charge in [0.25, 0.3) is 0 Å². The maximum atomic E-state index is 12.8. The van der Waals surface area contributed by atoms with Gasteiger partial charge in [-0.25, -0.2) is 0 Å². The Morgan fingerprint density at radius 1 is 0.423 bits per heavy atom. The lowest BCUT2D eigenvalue weighted by atomic mass is 10.0. The molecule has 0 saturated heterocycles. The van der Waals surface area contributed by atoms with Crippen LogP contribution >= 0.6 is 0 Å². The Kier molecular flexibility index (Phi) is 49.7. The Morgan fingerprint density at radius 2 is 0.789 bits per heavy atom.